The standard InChI is InChI=1S/C21H20ClNO/c1-2-13-24-21-12-11-16-7-3-5-9-18(16)19(21)15-23-14-17-8-4-6-10-20(17)22/h2-12,23H,1,13-15H2. The minimum absolute atomic E-state index is 0.496. The lowest BCUT2D eigenvalue weighted by atomic mass is 10.0. The molecule has 2 nitrogen and oxygen atoms in total. The van der Waals surface area contributed by atoms with Crippen LogP contribution < -0.4 is 10.1 Å². The SMILES string of the molecule is C=CCOc1ccc2ccccc2c1CNCc1ccccc1Cl. The minimum atomic E-state index is 0.496. The number of hydrogen-bond donors (Lipinski definition) is 1. The van der Waals surface area contributed by atoms with Gasteiger partial charge in [0.25, 0.3) is 0 Å². The molecule has 3 heteroatoms. The molecule has 0 radical (unpaired) electrons. The van der Waals surface area contributed by atoms with Crippen LogP contribution >= 0.6 is 11.6 Å². The zero-order valence-corrected chi connectivity index (χ0v) is 14.2. The summed E-state index contributed by atoms with van der Waals surface area (Å²) in [6.45, 7) is 5.64. The van der Waals surface area contributed by atoms with Crippen LogP contribution in [0.1, 0.15) is 11.1 Å². The van der Waals surface area contributed by atoms with E-state index in [1.165, 1.54) is 10.8 Å². The molecule has 0 aliphatic carbocycles. The fraction of sp³-hybridized carbons (Fsp3) is 0.143. The van der Waals surface area contributed by atoms with Crippen molar-refractivity contribution in [2.24, 2.45) is 0 Å². The molecular formula is C21H20ClNO. The number of hydrogen-bond acceptors (Lipinski definition) is 2. The van der Waals surface area contributed by atoms with Gasteiger partial charge in [-0.05, 0) is 28.5 Å². The van der Waals surface area contributed by atoms with Gasteiger partial charge in [0.2, 0.25) is 0 Å². The maximum atomic E-state index is 6.23. The average molecular weight is 338 g/mol. The largest absolute Gasteiger partial charge is 0.489 e. The first-order valence-electron chi connectivity index (χ1n) is 7.98. The molecule has 1 N–H and O–H groups in total. The predicted octanol–water partition coefficient (Wildman–Crippen LogP) is 5.35. The fourth-order valence-corrected chi connectivity index (χ4v) is 2.95. The Labute approximate surface area is 147 Å². The van der Waals surface area contributed by atoms with Crippen LogP contribution in [0, 0.1) is 0 Å². The number of benzene rings is 3. The molecular weight excluding hydrogens is 318 g/mol. The first-order valence-corrected chi connectivity index (χ1v) is 8.36. The quantitative estimate of drug-likeness (QED) is 0.587. The maximum absolute atomic E-state index is 6.23. The highest BCUT2D eigenvalue weighted by Gasteiger charge is 2.09. The van der Waals surface area contributed by atoms with Gasteiger partial charge in [-0.2, -0.15) is 0 Å². The highest BCUT2D eigenvalue weighted by Crippen LogP contribution is 2.28. The molecule has 0 aliphatic heterocycles. The van der Waals surface area contributed by atoms with Crippen molar-refractivity contribution in [2.75, 3.05) is 6.61 Å². The Kier molecular flexibility index (Phi) is 5.52. The Balaban J connectivity index is 1.83. The molecule has 0 unspecified atom stereocenters. The smallest absolute Gasteiger partial charge is 0.124 e. The van der Waals surface area contributed by atoms with E-state index >= 15 is 0 Å². The van der Waals surface area contributed by atoms with Gasteiger partial charge >= 0.3 is 0 Å². The summed E-state index contributed by atoms with van der Waals surface area (Å²) >= 11 is 6.23. The topological polar surface area (TPSA) is 21.3 Å². The third kappa shape index (κ3) is 3.78. The maximum Gasteiger partial charge on any atom is 0.124 e. The molecule has 24 heavy (non-hydrogen) atoms. The minimum Gasteiger partial charge on any atom is -0.489 e. The Bertz CT molecular complexity index is 844. The molecule has 0 amide bonds. The summed E-state index contributed by atoms with van der Waals surface area (Å²) in [7, 11) is 0. The molecule has 0 aliphatic rings. The summed E-state index contributed by atoms with van der Waals surface area (Å²) in [6.07, 6.45) is 1.76. The van der Waals surface area contributed by atoms with E-state index in [1.807, 2.05) is 36.4 Å². The second kappa shape index (κ2) is 8.00. The molecule has 3 aromatic carbocycles. The third-order valence-corrected chi connectivity index (χ3v) is 4.30. The van der Waals surface area contributed by atoms with E-state index in [0.29, 0.717) is 19.7 Å². The van der Waals surface area contributed by atoms with Gasteiger partial charge in [0, 0.05) is 23.7 Å². The number of rotatable bonds is 7. The van der Waals surface area contributed by atoms with Crippen LogP contribution in [-0.4, -0.2) is 6.61 Å². The van der Waals surface area contributed by atoms with Gasteiger partial charge in [-0.1, -0.05) is 72.8 Å². The van der Waals surface area contributed by atoms with E-state index in [4.69, 9.17) is 16.3 Å². The van der Waals surface area contributed by atoms with Crippen LogP contribution in [0.2, 0.25) is 5.02 Å². The zero-order chi connectivity index (χ0) is 16.8. The van der Waals surface area contributed by atoms with Gasteiger partial charge in [-0.15, -0.1) is 0 Å². The van der Waals surface area contributed by atoms with Gasteiger partial charge in [-0.3, -0.25) is 0 Å². The van der Waals surface area contributed by atoms with Crippen molar-refractivity contribution in [3.05, 3.63) is 89.5 Å². The lowest BCUT2D eigenvalue weighted by Gasteiger charge is -2.14. The first-order chi connectivity index (χ1) is 11.8. The molecule has 0 bridgehead atoms. The summed E-state index contributed by atoms with van der Waals surface area (Å²) in [4.78, 5) is 0. The summed E-state index contributed by atoms with van der Waals surface area (Å²) in [5, 5.41) is 6.67. The van der Waals surface area contributed by atoms with E-state index in [-0.39, 0.29) is 0 Å². The molecule has 0 saturated heterocycles. The van der Waals surface area contributed by atoms with Crippen LogP contribution in [0.15, 0.2) is 73.3 Å². The Morgan fingerprint density at radius 2 is 1.75 bits per heavy atom. The number of nitrogens with one attached hydrogen (secondary N) is 1. The highest BCUT2D eigenvalue weighted by molar-refractivity contribution is 6.31. The molecule has 0 heterocycles. The van der Waals surface area contributed by atoms with Crippen molar-refractivity contribution >= 4 is 22.4 Å². The van der Waals surface area contributed by atoms with E-state index in [0.717, 1.165) is 21.9 Å². The van der Waals surface area contributed by atoms with Crippen LogP contribution in [-0.2, 0) is 13.1 Å². The van der Waals surface area contributed by atoms with Crippen molar-refractivity contribution in [1.82, 2.24) is 5.32 Å². The van der Waals surface area contributed by atoms with Gasteiger partial charge < -0.3 is 10.1 Å². The van der Waals surface area contributed by atoms with E-state index in [9.17, 15) is 0 Å². The first kappa shape index (κ1) is 16.6. The molecule has 122 valence electrons. The molecule has 0 atom stereocenters. The van der Waals surface area contributed by atoms with Crippen molar-refractivity contribution in [3.8, 4) is 5.75 Å². The Hall–Kier alpha value is -2.29. The van der Waals surface area contributed by atoms with E-state index in [2.05, 4.69) is 36.2 Å². The lowest BCUT2D eigenvalue weighted by molar-refractivity contribution is 0.358. The lowest BCUT2D eigenvalue weighted by Crippen LogP contribution is -2.14. The van der Waals surface area contributed by atoms with Gasteiger partial charge in [-0.25, -0.2) is 0 Å². The Morgan fingerprint density at radius 1 is 0.958 bits per heavy atom. The molecule has 3 aromatic rings. The zero-order valence-electron chi connectivity index (χ0n) is 13.5. The normalized spacial score (nSPS) is 10.7. The molecule has 0 spiro atoms. The summed E-state index contributed by atoms with van der Waals surface area (Å²) in [5.74, 6) is 0.889. The predicted molar refractivity (Wildman–Crippen MR) is 102 cm³/mol. The number of fused-ring (bicyclic) bond motifs is 1. The van der Waals surface area contributed by atoms with E-state index in [1.54, 1.807) is 6.08 Å². The molecule has 0 fully saturated rings. The third-order valence-electron chi connectivity index (χ3n) is 3.93. The van der Waals surface area contributed by atoms with Crippen LogP contribution in [0.5, 0.6) is 5.75 Å². The summed E-state index contributed by atoms with van der Waals surface area (Å²) in [6, 6.07) is 20.3. The number of ether oxygens (including phenoxy) is 1. The van der Waals surface area contributed by atoms with Gasteiger partial charge in [0.15, 0.2) is 0 Å². The summed E-state index contributed by atoms with van der Waals surface area (Å²) < 4.78 is 5.84. The van der Waals surface area contributed by atoms with Crippen LogP contribution in [0.4, 0.5) is 0 Å². The van der Waals surface area contributed by atoms with Crippen LogP contribution in [0.3, 0.4) is 0 Å². The number of halogens is 1. The highest BCUT2D eigenvalue weighted by atomic mass is 35.5. The van der Waals surface area contributed by atoms with Gasteiger partial charge in [0.05, 0.1) is 0 Å². The monoisotopic (exact) mass is 337 g/mol. The van der Waals surface area contributed by atoms with E-state index < -0.39 is 0 Å². The van der Waals surface area contributed by atoms with Crippen molar-refractivity contribution in [3.63, 3.8) is 0 Å². The van der Waals surface area contributed by atoms with Crippen molar-refractivity contribution < 1.29 is 4.74 Å². The average Bonchev–Trinajstić information content (AvgIpc) is 2.62. The molecule has 3 rings (SSSR count). The summed E-state index contributed by atoms with van der Waals surface area (Å²) in [5.41, 5.74) is 2.25. The second-order valence-corrected chi connectivity index (χ2v) is 5.97. The second-order valence-electron chi connectivity index (χ2n) is 5.56. The Morgan fingerprint density at radius 3 is 2.58 bits per heavy atom. The van der Waals surface area contributed by atoms with Crippen molar-refractivity contribution in [1.29, 1.82) is 0 Å². The van der Waals surface area contributed by atoms with Crippen molar-refractivity contribution in [2.45, 2.75) is 13.1 Å². The van der Waals surface area contributed by atoms with Gasteiger partial charge in [0.1, 0.15) is 12.4 Å². The van der Waals surface area contributed by atoms with Crippen LogP contribution in [0.25, 0.3) is 10.8 Å². The fourth-order valence-electron chi connectivity index (χ4n) is 2.75. The molecule has 0 aromatic heterocycles. The molecule has 0 saturated carbocycles.